The molecule has 3 aromatic carbocycles. The summed E-state index contributed by atoms with van der Waals surface area (Å²) >= 11 is 3.43. The number of halogens is 1. The summed E-state index contributed by atoms with van der Waals surface area (Å²) in [6.45, 7) is 8.26. The van der Waals surface area contributed by atoms with Crippen LogP contribution in [-0.2, 0) is 10.2 Å². The van der Waals surface area contributed by atoms with Crippen LogP contribution in [0.2, 0.25) is 0 Å². The van der Waals surface area contributed by atoms with E-state index in [9.17, 15) is 4.79 Å². The number of anilines is 1. The molecule has 1 atom stereocenters. The van der Waals surface area contributed by atoms with E-state index in [2.05, 4.69) is 59.1 Å². The van der Waals surface area contributed by atoms with Gasteiger partial charge in [0.2, 0.25) is 5.89 Å². The van der Waals surface area contributed by atoms with E-state index < -0.39 is 6.10 Å². The minimum atomic E-state index is -0.670. The summed E-state index contributed by atoms with van der Waals surface area (Å²) in [5, 5.41) is 2.88. The molecule has 0 saturated carbocycles. The zero-order valence-electron chi connectivity index (χ0n) is 18.5. The van der Waals surface area contributed by atoms with Crippen LogP contribution >= 0.6 is 15.9 Å². The molecule has 0 aliphatic rings. The number of benzene rings is 3. The van der Waals surface area contributed by atoms with Crippen molar-refractivity contribution >= 4 is 38.6 Å². The van der Waals surface area contributed by atoms with Crippen LogP contribution in [0.15, 0.2) is 75.6 Å². The fourth-order valence-corrected chi connectivity index (χ4v) is 3.65. The first-order chi connectivity index (χ1) is 15.2. The van der Waals surface area contributed by atoms with Gasteiger partial charge in [0.05, 0.1) is 4.47 Å². The molecule has 4 rings (SSSR count). The van der Waals surface area contributed by atoms with Crippen molar-refractivity contribution in [2.75, 3.05) is 5.32 Å². The Kier molecular flexibility index (Phi) is 6.07. The van der Waals surface area contributed by atoms with Gasteiger partial charge in [0, 0.05) is 17.3 Å². The maximum absolute atomic E-state index is 12.6. The molecule has 0 aliphatic carbocycles. The summed E-state index contributed by atoms with van der Waals surface area (Å²) < 4.78 is 12.5. The summed E-state index contributed by atoms with van der Waals surface area (Å²) in [6, 6.07) is 21.1. The molecular formula is C26H25BrN2O3. The molecule has 4 aromatic rings. The highest BCUT2D eigenvalue weighted by Gasteiger charge is 2.18. The maximum atomic E-state index is 12.6. The third-order valence-electron chi connectivity index (χ3n) is 5.16. The summed E-state index contributed by atoms with van der Waals surface area (Å²) in [7, 11) is 0. The molecule has 1 heterocycles. The lowest BCUT2D eigenvalue weighted by Gasteiger charge is -2.18. The molecule has 6 heteroatoms. The molecule has 0 aliphatic heterocycles. The number of ether oxygens (including phenoxy) is 1. The lowest BCUT2D eigenvalue weighted by molar-refractivity contribution is -0.122. The molecule has 5 nitrogen and oxygen atoms in total. The fraction of sp³-hybridized carbons (Fsp3) is 0.231. The number of hydrogen-bond donors (Lipinski definition) is 1. The number of carbonyl (C=O) groups excluding carboxylic acids is 1. The second kappa shape index (κ2) is 8.79. The Bertz CT molecular complexity index is 1260. The van der Waals surface area contributed by atoms with Crippen molar-refractivity contribution in [2.24, 2.45) is 0 Å². The molecule has 0 spiro atoms. The van der Waals surface area contributed by atoms with Crippen molar-refractivity contribution in [3.63, 3.8) is 0 Å². The van der Waals surface area contributed by atoms with Crippen LogP contribution in [0, 0.1) is 0 Å². The van der Waals surface area contributed by atoms with E-state index in [-0.39, 0.29) is 11.3 Å². The Hall–Kier alpha value is -3.12. The third-order valence-corrected chi connectivity index (χ3v) is 5.82. The number of hydrogen-bond acceptors (Lipinski definition) is 4. The Morgan fingerprint density at radius 2 is 1.78 bits per heavy atom. The fourth-order valence-electron chi connectivity index (χ4n) is 3.27. The Morgan fingerprint density at radius 3 is 2.47 bits per heavy atom. The average Bonchev–Trinajstić information content (AvgIpc) is 3.18. The molecular weight excluding hydrogens is 468 g/mol. The Morgan fingerprint density at radius 1 is 1.06 bits per heavy atom. The SMILES string of the molecule is CC(Oc1ccccc1Br)C(=O)Nc1ccc2nc(-c3ccc(C(C)(C)C)cc3)oc2c1. The molecule has 0 bridgehead atoms. The number of fused-ring (bicyclic) bond motifs is 1. The molecule has 1 N–H and O–H groups in total. The first-order valence-corrected chi connectivity index (χ1v) is 11.2. The molecule has 0 fully saturated rings. The van der Waals surface area contributed by atoms with Gasteiger partial charge in [-0.05, 0) is 70.2 Å². The first kappa shape index (κ1) is 22.1. The zero-order chi connectivity index (χ0) is 22.9. The van der Waals surface area contributed by atoms with Crippen molar-refractivity contribution in [2.45, 2.75) is 39.2 Å². The third kappa shape index (κ3) is 4.86. The van der Waals surface area contributed by atoms with E-state index in [1.165, 1.54) is 5.56 Å². The van der Waals surface area contributed by atoms with Gasteiger partial charge in [0.1, 0.15) is 11.3 Å². The highest BCUT2D eigenvalue weighted by atomic mass is 79.9. The minimum Gasteiger partial charge on any atom is -0.480 e. The van der Waals surface area contributed by atoms with Gasteiger partial charge in [-0.1, -0.05) is 45.0 Å². The van der Waals surface area contributed by atoms with Crippen molar-refractivity contribution in [3.8, 4) is 17.2 Å². The second-order valence-electron chi connectivity index (χ2n) is 8.71. The number of rotatable bonds is 5. The number of aromatic nitrogens is 1. The topological polar surface area (TPSA) is 64.4 Å². The van der Waals surface area contributed by atoms with Gasteiger partial charge in [0.15, 0.2) is 11.7 Å². The van der Waals surface area contributed by atoms with Gasteiger partial charge < -0.3 is 14.5 Å². The number of nitrogens with one attached hydrogen (secondary N) is 1. The number of oxazole rings is 1. The lowest BCUT2D eigenvalue weighted by atomic mass is 9.87. The van der Waals surface area contributed by atoms with Crippen LogP contribution in [0.5, 0.6) is 5.75 Å². The van der Waals surface area contributed by atoms with Crippen LogP contribution < -0.4 is 10.1 Å². The van der Waals surface area contributed by atoms with Gasteiger partial charge >= 0.3 is 0 Å². The summed E-state index contributed by atoms with van der Waals surface area (Å²) in [6.07, 6.45) is -0.670. The van der Waals surface area contributed by atoms with Crippen molar-refractivity contribution < 1.29 is 13.9 Å². The molecule has 1 aromatic heterocycles. The Labute approximate surface area is 195 Å². The smallest absolute Gasteiger partial charge is 0.265 e. The van der Waals surface area contributed by atoms with E-state index in [0.717, 1.165) is 15.6 Å². The van der Waals surface area contributed by atoms with Crippen LogP contribution in [0.1, 0.15) is 33.3 Å². The highest BCUT2D eigenvalue weighted by molar-refractivity contribution is 9.10. The van der Waals surface area contributed by atoms with E-state index in [1.54, 1.807) is 19.1 Å². The van der Waals surface area contributed by atoms with Gasteiger partial charge in [-0.2, -0.15) is 0 Å². The van der Waals surface area contributed by atoms with E-state index >= 15 is 0 Å². The van der Waals surface area contributed by atoms with E-state index in [1.807, 2.05) is 42.5 Å². The van der Waals surface area contributed by atoms with Gasteiger partial charge in [-0.15, -0.1) is 0 Å². The van der Waals surface area contributed by atoms with Crippen molar-refractivity contribution in [3.05, 3.63) is 76.8 Å². The number of carbonyl (C=O) groups is 1. The molecule has 32 heavy (non-hydrogen) atoms. The number of nitrogens with zero attached hydrogens (tertiary/aromatic N) is 1. The molecule has 0 radical (unpaired) electrons. The van der Waals surface area contributed by atoms with Gasteiger partial charge in [0.25, 0.3) is 5.91 Å². The van der Waals surface area contributed by atoms with Crippen LogP contribution in [-0.4, -0.2) is 17.0 Å². The highest BCUT2D eigenvalue weighted by Crippen LogP contribution is 2.29. The summed E-state index contributed by atoms with van der Waals surface area (Å²) in [4.78, 5) is 17.2. The molecule has 1 unspecified atom stereocenters. The molecule has 0 saturated heterocycles. The minimum absolute atomic E-state index is 0.0877. The lowest BCUT2D eigenvalue weighted by Crippen LogP contribution is -2.30. The second-order valence-corrected chi connectivity index (χ2v) is 9.56. The van der Waals surface area contributed by atoms with Crippen LogP contribution in [0.25, 0.3) is 22.6 Å². The van der Waals surface area contributed by atoms with Crippen molar-refractivity contribution in [1.82, 2.24) is 4.98 Å². The maximum Gasteiger partial charge on any atom is 0.265 e. The van der Waals surface area contributed by atoms with E-state index in [4.69, 9.17) is 9.15 Å². The summed E-state index contributed by atoms with van der Waals surface area (Å²) in [5.74, 6) is 0.912. The number of para-hydroxylation sites is 1. The number of amides is 1. The predicted octanol–water partition coefficient (Wildman–Crippen LogP) is 6.96. The van der Waals surface area contributed by atoms with Gasteiger partial charge in [-0.25, -0.2) is 4.98 Å². The van der Waals surface area contributed by atoms with Crippen LogP contribution in [0.4, 0.5) is 5.69 Å². The standard InChI is InChI=1S/C26H25BrN2O3/c1-16(31-22-8-6-5-7-20(22)27)24(30)28-19-13-14-21-23(15-19)32-25(29-21)17-9-11-18(12-10-17)26(2,3)4/h5-16H,1-4H3,(H,28,30). The van der Waals surface area contributed by atoms with Crippen LogP contribution in [0.3, 0.4) is 0 Å². The molecule has 164 valence electrons. The summed E-state index contributed by atoms with van der Waals surface area (Å²) in [5.41, 5.74) is 4.21. The monoisotopic (exact) mass is 492 g/mol. The zero-order valence-corrected chi connectivity index (χ0v) is 20.1. The molecule has 1 amide bonds. The average molecular weight is 493 g/mol. The quantitative estimate of drug-likeness (QED) is 0.327. The first-order valence-electron chi connectivity index (χ1n) is 10.4. The van der Waals surface area contributed by atoms with Crippen molar-refractivity contribution in [1.29, 1.82) is 0 Å². The predicted molar refractivity (Wildman–Crippen MR) is 131 cm³/mol. The van der Waals surface area contributed by atoms with E-state index in [0.29, 0.717) is 22.9 Å². The van der Waals surface area contributed by atoms with Gasteiger partial charge in [-0.3, -0.25) is 4.79 Å². The normalized spacial score (nSPS) is 12.5. The largest absolute Gasteiger partial charge is 0.480 e. The Balaban J connectivity index is 1.49.